The molecule has 13 nitrogen and oxygen atoms in total. The van der Waals surface area contributed by atoms with Crippen LogP contribution in [0.25, 0.3) is 11.2 Å². The van der Waals surface area contributed by atoms with Crippen LogP contribution in [0.2, 0.25) is 5.28 Å². The number of hydrogen-bond acceptors (Lipinski definition) is 11. The monoisotopic (exact) mass is 585 g/mol. The second kappa shape index (κ2) is 8.95. The number of esters is 1. The van der Waals surface area contributed by atoms with Crippen LogP contribution in [0.3, 0.4) is 0 Å². The predicted molar refractivity (Wildman–Crippen MR) is 137 cm³/mol. The fourth-order valence-electron chi connectivity index (χ4n) is 8.46. The maximum atomic E-state index is 11.7. The molecule has 4 unspecified atom stereocenters. The molecule has 8 atom stereocenters. The van der Waals surface area contributed by atoms with Crippen molar-refractivity contribution < 1.29 is 37.5 Å². The molecule has 214 valence electrons. The molecule has 4 bridgehead atoms. The quantitative estimate of drug-likeness (QED) is 0.209. The molecule has 0 aromatic carbocycles. The fourth-order valence-corrected chi connectivity index (χ4v) is 9.01. The highest BCUT2D eigenvalue weighted by Crippen LogP contribution is 2.66. The van der Waals surface area contributed by atoms with Crippen LogP contribution in [0.15, 0.2) is 6.33 Å². The Morgan fingerprint density at radius 2 is 1.87 bits per heavy atom. The lowest BCUT2D eigenvalue weighted by Crippen LogP contribution is -2.61. The molecule has 7 rings (SSSR count). The van der Waals surface area contributed by atoms with Crippen molar-refractivity contribution in [2.24, 2.45) is 16.7 Å². The zero-order valence-electron chi connectivity index (χ0n) is 21.6. The van der Waals surface area contributed by atoms with Crippen molar-refractivity contribution in [3.63, 3.8) is 0 Å². The number of aromatic nitrogens is 4. The molecule has 1 saturated heterocycles. The number of rotatable bonds is 7. The van der Waals surface area contributed by atoms with E-state index in [0.717, 1.165) is 19.3 Å². The van der Waals surface area contributed by atoms with E-state index in [2.05, 4.69) is 34.1 Å². The highest BCUT2D eigenvalue weighted by molar-refractivity contribution is 7.86. The van der Waals surface area contributed by atoms with Crippen molar-refractivity contribution in [2.75, 3.05) is 17.7 Å². The summed E-state index contributed by atoms with van der Waals surface area (Å²) < 4.78 is 42.5. The van der Waals surface area contributed by atoms with Gasteiger partial charge in [0, 0.05) is 5.54 Å². The van der Waals surface area contributed by atoms with Gasteiger partial charge in [-0.25, -0.2) is 4.98 Å². The number of anilines is 1. The van der Waals surface area contributed by atoms with Crippen LogP contribution in [0, 0.1) is 16.7 Å². The van der Waals surface area contributed by atoms with Crippen LogP contribution < -0.4 is 5.32 Å². The number of halogens is 1. The predicted octanol–water partition coefficient (Wildman–Crippen LogP) is 1.69. The Kier molecular flexibility index (Phi) is 6.22. The first-order chi connectivity index (χ1) is 18.2. The SMILES string of the molecule is C[C@]12C[C@@H]3C[C@](C)(C1)C[C@@](Nc1nc(Cl)nc4c1ncn4C1OC(COC(=O)CS(=O)(=O)O)C(O)C1O)(C3)C2. The zero-order valence-corrected chi connectivity index (χ0v) is 23.2. The number of carbonyl (C=O) groups excluding carboxylic acids is 1. The van der Waals surface area contributed by atoms with Crippen molar-refractivity contribution >= 4 is 44.7 Å². The minimum absolute atomic E-state index is 0.0161. The van der Waals surface area contributed by atoms with Gasteiger partial charge in [0.2, 0.25) is 5.28 Å². The van der Waals surface area contributed by atoms with Crippen molar-refractivity contribution in [1.29, 1.82) is 0 Å². The van der Waals surface area contributed by atoms with E-state index in [4.69, 9.17) is 25.6 Å². The van der Waals surface area contributed by atoms with E-state index in [9.17, 15) is 23.4 Å². The summed E-state index contributed by atoms with van der Waals surface area (Å²) in [6.45, 7) is 4.22. The minimum Gasteiger partial charge on any atom is -0.462 e. The van der Waals surface area contributed by atoms with Gasteiger partial charge in [0.25, 0.3) is 10.1 Å². The molecule has 0 spiro atoms. The Morgan fingerprint density at radius 3 is 2.51 bits per heavy atom. The van der Waals surface area contributed by atoms with Crippen molar-refractivity contribution in [1.82, 2.24) is 19.5 Å². The number of fused-ring (bicyclic) bond motifs is 1. The van der Waals surface area contributed by atoms with Gasteiger partial charge in [-0.1, -0.05) is 13.8 Å². The fraction of sp³-hybridized carbons (Fsp3) is 0.750. The largest absolute Gasteiger partial charge is 0.462 e. The lowest BCUT2D eigenvalue weighted by atomic mass is 9.43. The molecule has 1 aliphatic heterocycles. The molecule has 4 saturated carbocycles. The summed E-state index contributed by atoms with van der Waals surface area (Å²) in [5.41, 5.74) is 1.15. The molecule has 3 heterocycles. The summed E-state index contributed by atoms with van der Waals surface area (Å²) in [6, 6.07) is 0. The lowest BCUT2D eigenvalue weighted by molar-refractivity contribution is -0.147. The molecule has 39 heavy (non-hydrogen) atoms. The van der Waals surface area contributed by atoms with Crippen molar-refractivity contribution in [2.45, 2.75) is 82.5 Å². The normalized spacial score (nSPS) is 39.4. The summed E-state index contributed by atoms with van der Waals surface area (Å²) in [7, 11) is -4.57. The average Bonchev–Trinajstić information content (AvgIpc) is 3.29. The molecule has 5 aliphatic rings. The highest BCUT2D eigenvalue weighted by atomic mass is 35.5. The lowest BCUT2D eigenvalue weighted by Gasteiger charge is -2.65. The van der Waals surface area contributed by atoms with Crippen LogP contribution in [-0.2, 0) is 24.4 Å². The number of nitrogens with one attached hydrogen (secondary N) is 1. The van der Waals surface area contributed by atoms with E-state index in [1.165, 1.54) is 30.2 Å². The Balaban J connectivity index is 1.25. The Labute approximate surface area is 230 Å². The van der Waals surface area contributed by atoms with Crippen molar-refractivity contribution in [3.05, 3.63) is 11.6 Å². The summed E-state index contributed by atoms with van der Waals surface area (Å²) in [5.74, 6) is -1.30. The molecule has 2 aromatic rings. The molecule has 5 fully saturated rings. The van der Waals surface area contributed by atoms with Crippen LogP contribution in [0.5, 0.6) is 0 Å². The number of aliphatic hydroxyl groups excluding tert-OH is 2. The van der Waals surface area contributed by atoms with Gasteiger partial charge in [-0.3, -0.25) is 13.9 Å². The number of ether oxygens (including phenoxy) is 2. The molecule has 15 heteroatoms. The van der Waals surface area contributed by atoms with Gasteiger partial charge in [0.15, 0.2) is 29.0 Å². The second-order valence-electron chi connectivity index (χ2n) is 12.7. The number of imidazole rings is 1. The van der Waals surface area contributed by atoms with Crippen LogP contribution in [-0.4, -0.2) is 84.9 Å². The van der Waals surface area contributed by atoms with E-state index in [-0.39, 0.29) is 21.7 Å². The van der Waals surface area contributed by atoms with E-state index < -0.39 is 53.0 Å². The van der Waals surface area contributed by atoms with Gasteiger partial charge < -0.3 is 25.0 Å². The Morgan fingerprint density at radius 1 is 1.18 bits per heavy atom. The van der Waals surface area contributed by atoms with Gasteiger partial charge >= 0.3 is 5.97 Å². The standard InChI is InChI=1S/C24H32ClN5O8S/c1-22-3-12-4-23(2,8-22)10-24(5-12,9-22)29-18-15-19(28-21(25)27-18)30(11-26-15)20-17(33)16(32)13(38-20)6-37-14(31)7-39(34,35)36/h11-13,16-17,20,32-33H,3-10H2,1-2H3,(H,27,28,29)(H,34,35,36)/t12-,13?,16?,17?,20?,22+,23-,24-. The molecule has 0 amide bonds. The molecule has 4 N–H and O–H groups in total. The number of aliphatic hydroxyl groups is 2. The van der Waals surface area contributed by atoms with Gasteiger partial charge in [-0.15, -0.1) is 0 Å². The van der Waals surface area contributed by atoms with E-state index in [1.54, 1.807) is 0 Å². The first kappa shape index (κ1) is 27.1. The number of nitrogens with zero attached hydrogens (tertiary/aromatic N) is 4. The summed E-state index contributed by atoms with van der Waals surface area (Å²) in [4.78, 5) is 25.0. The second-order valence-corrected chi connectivity index (χ2v) is 14.4. The van der Waals surface area contributed by atoms with Gasteiger partial charge in [0.05, 0.1) is 6.33 Å². The zero-order chi connectivity index (χ0) is 28.0. The van der Waals surface area contributed by atoms with Gasteiger partial charge in [-0.2, -0.15) is 18.4 Å². The average molecular weight is 586 g/mol. The van der Waals surface area contributed by atoms with E-state index in [0.29, 0.717) is 22.9 Å². The maximum absolute atomic E-state index is 11.7. The Bertz CT molecular complexity index is 1420. The topological polar surface area (TPSA) is 186 Å². The molecule has 0 radical (unpaired) electrons. The smallest absolute Gasteiger partial charge is 0.323 e. The van der Waals surface area contributed by atoms with E-state index >= 15 is 0 Å². The first-order valence-corrected chi connectivity index (χ1v) is 15.0. The summed E-state index contributed by atoms with van der Waals surface area (Å²) in [6.07, 6.45) is 3.01. The van der Waals surface area contributed by atoms with Crippen LogP contribution in [0.1, 0.15) is 58.6 Å². The number of carbonyl (C=O) groups is 1. The third-order valence-electron chi connectivity index (χ3n) is 8.72. The first-order valence-electron chi connectivity index (χ1n) is 13.0. The van der Waals surface area contributed by atoms with Crippen LogP contribution >= 0.6 is 11.6 Å². The number of hydrogen-bond donors (Lipinski definition) is 4. The highest BCUT2D eigenvalue weighted by Gasteiger charge is 2.60. The third-order valence-corrected chi connectivity index (χ3v) is 9.49. The van der Waals surface area contributed by atoms with Crippen molar-refractivity contribution in [3.8, 4) is 0 Å². The summed E-state index contributed by atoms with van der Waals surface area (Å²) >= 11 is 6.35. The molecular weight excluding hydrogens is 554 g/mol. The Hall–Kier alpha value is -2.10. The van der Waals surface area contributed by atoms with Gasteiger partial charge in [-0.05, 0) is 66.9 Å². The maximum Gasteiger partial charge on any atom is 0.323 e. The summed E-state index contributed by atoms with van der Waals surface area (Å²) in [5, 5.41) is 24.9. The molecule has 2 aromatic heterocycles. The van der Waals surface area contributed by atoms with Crippen LogP contribution in [0.4, 0.5) is 5.82 Å². The molecular formula is C24H32ClN5O8S. The van der Waals surface area contributed by atoms with E-state index in [1.807, 2.05) is 0 Å². The molecule has 4 aliphatic carbocycles. The van der Waals surface area contributed by atoms with Gasteiger partial charge in [0.1, 0.15) is 24.9 Å². The minimum atomic E-state index is -4.57. The third kappa shape index (κ3) is 4.99.